The van der Waals surface area contributed by atoms with E-state index in [9.17, 15) is 8.42 Å². The first-order chi connectivity index (χ1) is 8.84. The van der Waals surface area contributed by atoms with Crippen LogP contribution in [0.25, 0.3) is 0 Å². The highest BCUT2D eigenvalue weighted by Gasteiger charge is 2.37. The van der Waals surface area contributed by atoms with Crippen LogP contribution >= 0.6 is 0 Å². The molecule has 3 N–H and O–H groups in total. The van der Waals surface area contributed by atoms with Gasteiger partial charge in [0, 0.05) is 6.54 Å². The SMILES string of the molecule is Cc1ccc(S(=O)(=O)N2CCCC2C(=N)N)c(C)c1. The van der Waals surface area contributed by atoms with E-state index in [-0.39, 0.29) is 5.84 Å². The van der Waals surface area contributed by atoms with E-state index in [1.165, 1.54) is 4.31 Å². The third-order valence-electron chi connectivity index (χ3n) is 3.48. The van der Waals surface area contributed by atoms with Crippen molar-refractivity contribution in [3.05, 3.63) is 29.3 Å². The highest BCUT2D eigenvalue weighted by atomic mass is 32.2. The Balaban J connectivity index is 2.45. The highest BCUT2D eigenvalue weighted by molar-refractivity contribution is 7.89. The van der Waals surface area contributed by atoms with Crippen molar-refractivity contribution in [1.82, 2.24) is 4.31 Å². The second-order valence-electron chi connectivity index (χ2n) is 5.00. The Kier molecular flexibility index (Phi) is 3.64. The molecule has 0 aromatic heterocycles. The Morgan fingerprint density at radius 2 is 2.11 bits per heavy atom. The third-order valence-corrected chi connectivity index (χ3v) is 5.55. The Hall–Kier alpha value is -1.40. The zero-order valence-electron chi connectivity index (χ0n) is 11.2. The van der Waals surface area contributed by atoms with Gasteiger partial charge >= 0.3 is 0 Å². The van der Waals surface area contributed by atoms with Crippen LogP contribution in [0.5, 0.6) is 0 Å². The van der Waals surface area contributed by atoms with Crippen LogP contribution in [0.15, 0.2) is 23.1 Å². The van der Waals surface area contributed by atoms with Crippen LogP contribution < -0.4 is 5.73 Å². The predicted molar refractivity (Wildman–Crippen MR) is 74.7 cm³/mol. The third kappa shape index (κ3) is 2.50. The van der Waals surface area contributed by atoms with Gasteiger partial charge in [0.15, 0.2) is 0 Å². The smallest absolute Gasteiger partial charge is 0.243 e. The van der Waals surface area contributed by atoms with Gasteiger partial charge in [-0.15, -0.1) is 0 Å². The summed E-state index contributed by atoms with van der Waals surface area (Å²) in [6.45, 7) is 4.15. The lowest BCUT2D eigenvalue weighted by molar-refractivity contribution is 0.443. The average molecular weight is 281 g/mol. The van der Waals surface area contributed by atoms with Crippen LogP contribution in [0.4, 0.5) is 0 Å². The molecule has 1 aromatic rings. The van der Waals surface area contributed by atoms with Crippen LogP contribution in [-0.4, -0.2) is 31.1 Å². The summed E-state index contributed by atoms with van der Waals surface area (Å²) < 4.78 is 26.7. The summed E-state index contributed by atoms with van der Waals surface area (Å²) in [5.41, 5.74) is 7.26. The van der Waals surface area contributed by atoms with Crippen molar-refractivity contribution in [3.8, 4) is 0 Å². The van der Waals surface area contributed by atoms with Crippen LogP contribution in [-0.2, 0) is 10.0 Å². The standard InChI is InChI=1S/C13H19N3O2S/c1-9-5-6-12(10(2)8-9)19(17,18)16-7-3-4-11(16)13(14)15/h5-6,8,11H,3-4,7H2,1-2H3,(H3,14,15). The number of sulfonamides is 1. The van der Waals surface area contributed by atoms with Crippen molar-refractivity contribution in [1.29, 1.82) is 5.41 Å². The molecule has 19 heavy (non-hydrogen) atoms. The number of nitrogens with zero attached hydrogens (tertiary/aromatic N) is 1. The highest BCUT2D eigenvalue weighted by Crippen LogP contribution is 2.28. The lowest BCUT2D eigenvalue weighted by atomic mass is 10.2. The molecule has 1 fully saturated rings. The summed E-state index contributed by atoms with van der Waals surface area (Å²) in [6.07, 6.45) is 1.37. The van der Waals surface area contributed by atoms with Gasteiger partial charge in [-0.3, -0.25) is 5.41 Å². The zero-order valence-corrected chi connectivity index (χ0v) is 12.0. The molecule has 6 heteroatoms. The minimum absolute atomic E-state index is 0.0779. The molecule has 1 atom stereocenters. The number of benzene rings is 1. The second kappa shape index (κ2) is 4.94. The molecule has 1 aliphatic heterocycles. The molecule has 0 spiro atoms. The molecular formula is C13H19N3O2S. The minimum Gasteiger partial charge on any atom is -0.386 e. The molecule has 1 aliphatic rings. The molecule has 0 bridgehead atoms. The summed E-state index contributed by atoms with van der Waals surface area (Å²) in [7, 11) is -3.57. The second-order valence-corrected chi connectivity index (χ2v) is 6.86. The van der Waals surface area contributed by atoms with Crippen LogP contribution in [0, 0.1) is 19.3 Å². The van der Waals surface area contributed by atoms with Gasteiger partial charge < -0.3 is 5.73 Å². The van der Waals surface area contributed by atoms with Crippen molar-refractivity contribution in [2.24, 2.45) is 5.73 Å². The number of amidine groups is 1. The van der Waals surface area contributed by atoms with E-state index in [0.717, 1.165) is 17.5 Å². The van der Waals surface area contributed by atoms with Crippen molar-refractivity contribution < 1.29 is 8.42 Å². The molecule has 2 rings (SSSR count). The molecule has 1 aromatic carbocycles. The number of rotatable bonds is 3. The van der Waals surface area contributed by atoms with E-state index in [4.69, 9.17) is 11.1 Å². The maximum atomic E-state index is 12.7. The predicted octanol–water partition coefficient (Wildman–Crippen LogP) is 1.39. The molecule has 0 saturated carbocycles. The normalized spacial score (nSPS) is 20.6. The van der Waals surface area contributed by atoms with Gasteiger partial charge in [0.25, 0.3) is 0 Å². The Bertz CT molecular complexity index is 610. The van der Waals surface area contributed by atoms with Crippen molar-refractivity contribution in [2.75, 3.05) is 6.54 Å². The monoisotopic (exact) mass is 281 g/mol. The van der Waals surface area contributed by atoms with Gasteiger partial charge in [0.05, 0.1) is 10.9 Å². The Labute approximate surface area is 114 Å². The van der Waals surface area contributed by atoms with E-state index >= 15 is 0 Å². The number of aryl methyl sites for hydroxylation is 2. The molecule has 1 saturated heterocycles. The first kappa shape index (κ1) is 14.0. The van der Waals surface area contributed by atoms with Crippen molar-refractivity contribution in [2.45, 2.75) is 37.6 Å². The van der Waals surface area contributed by atoms with Crippen molar-refractivity contribution in [3.63, 3.8) is 0 Å². The van der Waals surface area contributed by atoms with Crippen LogP contribution in [0.1, 0.15) is 24.0 Å². The van der Waals surface area contributed by atoms with E-state index in [0.29, 0.717) is 17.9 Å². The Morgan fingerprint density at radius 3 is 2.68 bits per heavy atom. The molecule has 5 nitrogen and oxygen atoms in total. The molecular weight excluding hydrogens is 262 g/mol. The summed E-state index contributed by atoms with van der Waals surface area (Å²) in [5.74, 6) is -0.0779. The molecule has 0 aliphatic carbocycles. The van der Waals surface area contributed by atoms with Gasteiger partial charge in [-0.2, -0.15) is 4.31 Å². The summed E-state index contributed by atoms with van der Waals surface area (Å²) in [5, 5.41) is 7.52. The van der Waals surface area contributed by atoms with Crippen LogP contribution in [0.2, 0.25) is 0 Å². The average Bonchev–Trinajstić information content (AvgIpc) is 2.77. The summed E-state index contributed by atoms with van der Waals surface area (Å²) >= 11 is 0. The Morgan fingerprint density at radius 1 is 1.42 bits per heavy atom. The molecule has 0 amide bonds. The number of hydrogen-bond acceptors (Lipinski definition) is 3. The fraction of sp³-hybridized carbons (Fsp3) is 0.462. The first-order valence-corrected chi connectivity index (χ1v) is 7.71. The fourth-order valence-corrected chi connectivity index (χ4v) is 4.44. The van der Waals surface area contributed by atoms with Gasteiger partial charge in [-0.25, -0.2) is 8.42 Å². The quantitative estimate of drug-likeness (QED) is 0.648. The number of nitrogens with two attached hydrogens (primary N) is 1. The first-order valence-electron chi connectivity index (χ1n) is 6.27. The lowest BCUT2D eigenvalue weighted by Gasteiger charge is -2.24. The van der Waals surface area contributed by atoms with E-state index in [1.54, 1.807) is 19.1 Å². The largest absolute Gasteiger partial charge is 0.386 e. The maximum Gasteiger partial charge on any atom is 0.243 e. The molecule has 1 unspecified atom stereocenters. The molecule has 0 radical (unpaired) electrons. The molecule has 104 valence electrons. The summed E-state index contributed by atoms with van der Waals surface area (Å²) in [4.78, 5) is 0.311. The van der Waals surface area contributed by atoms with Crippen LogP contribution in [0.3, 0.4) is 0 Å². The van der Waals surface area contributed by atoms with E-state index < -0.39 is 16.1 Å². The maximum absolute atomic E-state index is 12.7. The van der Waals surface area contributed by atoms with Gasteiger partial charge in [0.1, 0.15) is 5.84 Å². The fourth-order valence-electron chi connectivity index (χ4n) is 2.55. The summed E-state index contributed by atoms with van der Waals surface area (Å²) in [6, 6.07) is 4.78. The van der Waals surface area contributed by atoms with E-state index in [2.05, 4.69) is 0 Å². The van der Waals surface area contributed by atoms with Gasteiger partial charge in [-0.1, -0.05) is 17.7 Å². The van der Waals surface area contributed by atoms with Crippen molar-refractivity contribution >= 4 is 15.9 Å². The molecule has 1 heterocycles. The van der Waals surface area contributed by atoms with Gasteiger partial charge in [0.2, 0.25) is 10.0 Å². The number of nitrogens with one attached hydrogen (secondary N) is 1. The van der Waals surface area contributed by atoms with E-state index in [1.807, 2.05) is 13.0 Å². The van der Waals surface area contributed by atoms with Gasteiger partial charge in [-0.05, 0) is 38.3 Å². The zero-order chi connectivity index (χ0) is 14.2. The number of hydrogen-bond donors (Lipinski definition) is 2. The lowest BCUT2D eigenvalue weighted by Crippen LogP contribution is -2.43. The topological polar surface area (TPSA) is 87.2 Å². The minimum atomic E-state index is -3.57.